The van der Waals surface area contributed by atoms with Crippen molar-refractivity contribution in [3.63, 3.8) is 0 Å². The molecule has 1 unspecified atom stereocenters. The maximum Gasteiger partial charge on any atom is 0.335 e. The van der Waals surface area contributed by atoms with Gasteiger partial charge in [0.15, 0.2) is 0 Å². The first kappa shape index (κ1) is 17.5. The zero-order valence-corrected chi connectivity index (χ0v) is 13.9. The Balaban J connectivity index is 2.52. The molecule has 0 aliphatic carbocycles. The normalized spacial score (nSPS) is 12.5. The number of benzene rings is 1. The van der Waals surface area contributed by atoms with Crippen LogP contribution in [0.3, 0.4) is 0 Å². The molecule has 0 aliphatic heterocycles. The molecular weight excluding hydrogens is 310 g/mol. The van der Waals surface area contributed by atoms with E-state index in [2.05, 4.69) is 9.98 Å². The van der Waals surface area contributed by atoms with Crippen LogP contribution < -0.4 is 16.0 Å². The Morgan fingerprint density at radius 1 is 1.29 bits per heavy atom. The van der Waals surface area contributed by atoms with Crippen molar-refractivity contribution in [1.82, 2.24) is 9.55 Å². The summed E-state index contributed by atoms with van der Waals surface area (Å²) in [6.07, 6.45) is 2.10. The lowest BCUT2D eigenvalue weighted by Crippen LogP contribution is -2.31. The highest BCUT2D eigenvalue weighted by Crippen LogP contribution is 2.19. The third-order valence-electron chi connectivity index (χ3n) is 3.58. The number of H-pyrrole nitrogens is 1. The van der Waals surface area contributed by atoms with Gasteiger partial charge in [-0.25, -0.2) is 9.36 Å². The second-order valence-electron chi connectivity index (χ2n) is 5.29. The summed E-state index contributed by atoms with van der Waals surface area (Å²) in [5.41, 5.74) is -1.03. The first-order valence-electron chi connectivity index (χ1n) is 7.82. The third kappa shape index (κ3) is 3.73. The van der Waals surface area contributed by atoms with Crippen LogP contribution in [0.1, 0.15) is 32.8 Å². The molecule has 1 atom stereocenters. The Bertz CT molecular complexity index is 834. The van der Waals surface area contributed by atoms with E-state index < -0.39 is 17.1 Å². The highest BCUT2D eigenvalue weighted by Gasteiger charge is 2.14. The van der Waals surface area contributed by atoms with E-state index in [1.54, 1.807) is 24.3 Å². The van der Waals surface area contributed by atoms with Crippen LogP contribution >= 0.6 is 0 Å². The summed E-state index contributed by atoms with van der Waals surface area (Å²) >= 11 is 0. The van der Waals surface area contributed by atoms with Gasteiger partial charge in [0, 0.05) is 12.3 Å². The van der Waals surface area contributed by atoms with Crippen molar-refractivity contribution >= 4 is 6.21 Å². The molecule has 0 amide bonds. The molecule has 7 heteroatoms. The van der Waals surface area contributed by atoms with Crippen molar-refractivity contribution in [2.75, 3.05) is 6.61 Å². The number of aromatic nitrogens is 2. The van der Waals surface area contributed by atoms with Gasteiger partial charge in [-0.2, -0.15) is 0 Å². The van der Waals surface area contributed by atoms with Crippen molar-refractivity contribution in [3.05, 3.63) is 50.7 Å². The highest BCUT2D eigenvalue weighted by molar-refractivity contribution is 5.82. The predicted octanol–water partition coefficient (Wildman–Crippen LogP) is 1.85. The quantitative estimate of drug-likeness (QED) is 0.789. The van der Waals surface area contributed by atoms with E-state index in [0.717, 1.165) is 11.0 Å². The SMILES string of the molecule is CCOc1ccc(-n2c(O)c(C=NC(C)CC)c(=O)[nH]c2=O)cc1. The van der Waals surface area contributed by atoms with Gasteiger partial charge in [0.25, 0.3) is 5.56 Å². The second kappa shape index (κ2) is 7.63. The lowest BCUT2D eigenvalue weighted by molar-refractivity contribution is 0.340. The van der Waals surface area contributed by atoms with Gasteiger partial charge in [-0.3, -0.25) is 14.8 Å². The summed E-state index contributed by atoms with van der Waals surface area (Å²) in [5, 5.41) is 10.4. The number of hydrogen-bond donors (Lipinski definition) is 2. The summed E-state index contributed by atoms with van der Waals surface area (Å²) in [4.78, 5) is 30.4. The average molecular weight is 331 g/mol. The Hall–Kier alpha value is -2.83. The minimum Gasteiger partial charge on any atom is -0.494 e. The van der Waals surface area contributed by atoms with Crippen molar-refractivity contribution < 1.29 is 9.84 Å². The number of nitrogens with one attached hydrogen (secondary N) is 1. The van der Waals surface area contributed by atoms with Gasteiger partial charge < -0.3 is 9.84 Å². The van der Waals surface area contributed by atoms with Gasteiger partial charge in [-0.05, 0) is 44.5 Å². The third-order valence-corrected chi connectivity index (χ3v) is 3.58. The molecule has 0 spiro atoms. The van der Waals surface area contributed by atoms with Gasteiger partial charge in [0.2, 0.25) is 5.88 Å². The number of nitrogens with zero attached hydrogens (tertiary/aromatic N) is 2. The Morgan fingerprint density at radius 2 is 1.96 bits per heavy atom. The molecular formula is C17H21N3O4. The van der Waals surface area contributed by atoms with Crippen molar-refractivity contribution in [2.24, 2.45) is 4.99 Å². The van der Waals surface area contributed by atoms with E-state index >= 15 is 0 Å². The van der Waals surface area contributed by atoms with E-state index in [1.165, 1.54) is 6.21 Å². The van der Waals surface area contributed by atoms with Crippen molar-refractivity contribution in [3.8, 4) is 17.3 Å². The molecule has 128 valence electrons. The molecule has 0 fully saturated rings. The van der Waals surface area contributed by atoms with E-state index in [4.69, 9.17) is 4.74 Å². The van der Waals surface area contributed by atoms with E-state index in [0.29, 0.717) is 18.0 Å². The van der Waals surface area contributed by atoms with Gasteiger partial charge in [-0.15, -0.1) is 0 Å². The minimum atomic E-state index is -0.720. The second-order valence-corrected chi connectivity index (χ2v) is 5.29. The van der Waals surface area contributed by atoms with Crippen LogP contribution in [0.4, 0.5) is 0 Å². The zero-order valence-electron chi connectivity index (χ0n) is 13.9. The lowest BCUT2D eigenvalue weighted by atomic mass is 10.2. The molecule has 0 bridgehead atoms. The van der Waals surface area contributed by atoms with Gasteiger partial charge in [-0.1, -0.05) is 6.92 Å². The molecule has 0 saturated carbocycles. The van der Waals surface area contributed by atoms with Crippen LogP contribution in [0, 0.1) is 0 Å². The summed E-state index contributed by atoms with van der Waals surface area (Å²) in [7, 11) is 0. The summed E-state index contributed by atoms with van der Waals surface area (Å²) < 4.78 is 6.37. The smallest absolute Gasteiger partial charge is 0.335 e. The molecule has 24 heavy (non-hydrogen) atoms. The van der Waals surface area contributed by atoms with Gasteiger partial charge in [0.05, 0.1) is 12.3 Å². The topological polar surface area (TPSA) is 96.7 Å². The summed E-state index contributed by atoms with van der Waals surface area (Å²) in [5.74, 6) is 0.205. The fourth-order valence-corrected chi connectivity index (χ4v) is 2.06. The first-order valence-corrected chi connectivity index (χ1v) is 7.82. The van der Waals surface area contributed by atoms with Gasteiger partial charge >= 0.3 is 5.69 Å². The highest BCUT2D eigenvalue weighted by atomic mass is 16.5. The number of aromatic hydroxyl groups is 1. The average Bonchev–Trinajstić information content (AvgIpc) is 2.55. The van der Waals surface area contributed by atoms with Crippen LogP contribution in [0.5, 0.6) is 11.6 Å². The zero-order chi connectivity index (χ0) is 17.7. The molecule has 0 radical (unpaired) electrons. The standard InChI is InChI=1S/C17H21N3O4/c1-4-11(3)18-10-14-15(21)19-17(23)20(16(14)22)12-6-8-13(9-7-12)24-5-2/h6-11,22H,4-5H2,1-3H3,(H,19,21,23). The maximum atomic E-state index is 12.1. The minimum absolute atomic E-state index is 0.00894. The van der Waals surface area contributed by atoms with Crippen LogP contribution in [0.2, 0.25) is 0 Å². The van der Waals surface area contributed by atoms with Gasteiger partial charge in [0.1, 0.15) is 11.3 Å². The molecule has 2 N–H and O–H groups in total. The van der Waals surface area contributed by atoms with Crippen LogP contribution in [-0.2, 0) is 0 Å². The number of ether oxygens (including phenoxy) is 1. The molecule has 1 aromatic carbocycles. The van der Waals surface area contributed by atoms with Crippen LogP contribution in [0.25, 0.3) is 5.69 Å². The molecule has 2 aromatic rings. The fraction of sp³-hybridized carbons (Fsp3) is 0.353. The Morgan fingerprint density at radius 3 is 2.54 bits per heavy atom. The Kier molecular flexibility index (Phi) is 5.57. The first-order chi connectivity index (χ1) is 11.5. The molecule has 2 rings (SSSR count). The van der Waals surface area contributed by atoms with Crippen molar-refractivity contribution in [1.29, 1.82) is 0 Å². The molecule has 7 nitrogen and oxygen atoms in total. The molecule has 0 aliphatic rings. The lowest BCUT2D eigenvalue weighted by Gasteiger charge is -2.11. The van der Waals surface area contributed by atoms with E-state index in [9.17, 15) is 14.7 Å². The predicted molar refractivity (Wildman–Crippen MR) is 92.8 cm³/mol. The van der Waals surface area contributed by atoms with E-state index in [-0.39, 0.29) is 11.6 Å². The fourth-order valence-electron chi connectivity index (χ4n) is 2.06. The monoisotopic (exact) mass is 331 g/mol. The van der Waals surface area contributed by atoms with Crippen molar-refractivity contribution in [2.45, 2.75) is 33.2 Å². The number of rotatable bonds is 6. The molecule has 1 aromatic heterocycles. The largest absolute Gasteiger partial charge is 0.494 e. The van der Waals surface area contributed by atoms with Crippen LogP contribution in [0.15, 0.2) is 38.8 Å². The Labute approximate surface area is 139 Å². The maximum absolute atomic E-state index is 12.1. The molecule has 0 saturated heterocycles. The number of aromatic amines is 1. The molecule has 1 heterocycles. The summed E-state index contributed by atoms with van der Waals surface area (Å²) in [6.45, 7) is 6.26. The summed E-state index contributed by atoms with van der Waals surface area (Å²) in [6, 6.07) is 6.63. The van der Waals surface area contributed by atoms with E-state index in [1.807, 2.05) is 20.8 Å². The van der Waals surface area contributed by atoms with Crippen LogP contribution in [-0.4, -0.2) is 33.5 Å². The number of hydrogen-bond acceptors (Lipinski definition) is 5. The number of aliphatic imine (C=N–C) groups is 1.